The smallest absolute Gasteiger partial charge is 0.407 e. The largest absolute Gasteiger partial charge is 0.444 e. The van der Waals surface area contributed by atoms with Crippen LogP contribution in [0.4, 0.5) is 4.79 Å². The molecule has 0 saturated heterocycles. The standard InChI is InChI=1S/C13H16ClN3O2/c1-13(2,3)19-12(18)15-6-10-8-17-7-9(14)4-5-11(17)16-10/h4-5,7-8H,6H2,1-3H3,(H,15,18). The minimum Gasteiger partial charge on any atom is -0.444 e. The minimum atomic E-state index is -0.503. The number of pyridine rings is 1. The van der Waals surface area contributed by atoms with E-state index in [0.717, 1.165) is 11.3 Å². The molecule has 0 saturated carbocycles. The average molecular weight is 282 g/mol. The summed E-state index contributed by atoms with van der Waals surface area (Å²) in [6.07, 6.45) is 3.13. The number of ether oxygens (including phenoxy) is 1. The lowest BCUT2D eigenvalue weighted by molar-refractivity contribution is 0.0523. The fourth-order valence-electron chi connectivity index (χ4n) is 1.58. The van der Waals surface area contributed by atoms with Gasteiger partial charge >= 0.3 is 6.09 Å². The highest BCUT2D eigenvalue weighted by Crippen LogP contribution is 2.12. The van der Waals surface area contributed by atoms with Gasteiger partial charge in [0.2, 0.25) is 0 Å². The van der Waals surface area contributed by atoms with E-state index in [1.807, 2.05) is 37.4 Å². The number of halogens is 1. The van der Waals surface area contributed by atoms with E-state index in [0.29, 0.717) is 11.6 Å². The SMILES string of the molecule is CC(C)(C)OC(=O)NCc1cn2cc(Cl)ccc2n1. The van der Waals surface area contributed by atoms with Gasteiger partial charge in [-0.25, -0.2) is 9.78 Å². The number of rotatable bonds is 2. The van der Waals surface area contributed by atoms with Crippen molar-refractivity contribution in [2.75, 3.05) is 0 Å². The maximum absolute atomic E-state index is 11.5. The zero-order valence-electron chi connectivity index (χ0n) is 11.1. The average Bonchev–Trinajstić information content (AvgIpc) is 2.66. The zero-order chi connectivity index (χ0) is 14.0. The third-order valence-electron chi connectivity index (χ3n) is 2.28. The number of carbonyl (C=O) groups is 1. The first-order valence-corrected chi connectivity index (χ1v) is 6.31. The molecular weight excluding hydrogens is 266 g/mol. The van der Waals surface area contributed by atoms with E-state index in [4.69, 9.17) is 16.3 Å². The summed E-state index contributed by atoms with van der Waals surface area (Å²) in [5.41, 5.74) is 1.02. The Morgan fingerprint density at radius 1 is 1.42 bits per heavy atom. The lowest BCUT2D eigenvalue weighted by Gasteiger charge is -2.19. The molecule has 0 atom stereocenters. The van der Waals surface area contributed by atoms with Crippen molar-refractivity contribution in [2.24, 2.45) is 0 Å². The van der Waals surface area contributed by atoms with Crippen molar-refractivity contribution >= 4 is 23.3 Å². The summed E-state index contributed by atoms with van der Waals surface area (Å²) in [5.74, 6) is 0. The first-order chi connectivity index (χ1) is 8.83. The molecule has 0 fully saturated rings. The Kier molecular flexibility index (Phi) is 3.66. The second-order valence-corrected chi connectivity index (χ2v) is 5.64. The summed E-state index contributed by atoms with van der Waals surface area (Å²) in [5, 5.41) is 3.30. The summed E-state index contributed by atoms with van der Waals surface area (Å²) in [6, 6.07) is 3.59. The molecule has 0 unspecified atom stereocenters. The van der Waals surface area contributed by atoms with Gasteiger partial charge in [-0.2, -0.15) is 0 Å². The van der Waals surface area contributed by atoms with Crippen LogP contribution in [0.15, 0.2) is 24.5 Å². The van der Waals surface area contributed by atoms with Gasteiger partial charge in [0.1, 0.15) is 11.2 Å². The van der Waals surface area contributed by atoms with E-state index in [-0.39, 0.29) is 0 Å². The van der Waals surface area contributed by atoms with Crippen LogP contribution in [0.2, 0.25) is 5.02 Å². The summed E-state index contributed by atoms with van der Waals surface area (Å²) in [6.45, 7) is 5.77. The summed E-state index contributed by atoms with van der Waals surface area (Å²) in [7, 11) is 0. The van der Waals surface area contributed by atoms with Gasteiger partial charge in [-0.15, -0.1) is 0 Å². The molecule has 19 heavy (non-hydrogen) atoms. The number of nitrogens with one attached hydrogen (secondary N) is 1. The summed E-state index contributed by atoms with van der Waals surface area (Å²) in [4.78, 5) is 15.9. The van der Waals surface area contributed by atoms with E-state index in [1.165, 1.54) is 0 Å². The van der Waals surface area contributed by atoms with Crippen LogP contribution in [-0.2, 0) is 11.3 Å². The van der Waals surface area contributed by atoms with E-state index in [9.17, 15) is 4.79 Å². The highest BCUT2D eigenvalue weighted by Gasteiger charge is 2.16. The van der Waals surface area contributed by atoms with E-state index < -0.39 is 11.7 Å². The molecule has 2 aromatic rings. The van der Waals surface area contributed by atoms with Crippen LogP contribution >= 0.6 is 11.6 Å². The van der Waals surface area contributed by atoms with Crippen molar-refractivity contribution < 1.29 is 9.53 Å². The van der Waals surface area contributed by atoms with Gasteiger partial charge in [-0.3, -0.25) is 0 Å². The number of carbonyl (C=O) groups excluding carboxylic acids is 1. The van der Waals surface area contributed by atoms with E-state index >= 15 is 0 Å². The van der Waals surface area contributed by atoms with Gasteiger partial charge in [-0.1, -0.05) is 11.6 Å². The predicted molar refractivity (Wildman–Crippen MR) is 73.3 cm³/mol. The van der Waals surface area contributed by atoms with Crippen molar-refractivity contribution in [3.05, 3.63) is 35.2 Å². The van der Waals surface area contributed by atoms with Crippen molar-refractivity contribution in [2.45, 2.75) is 32.9 Å². The molecule has 1 N–H and O–H groups in total. The van der Waals surface area contributed by atoms with Crippen LogP contribution in [0.25, 0.3) is 5.65 Å². The van der Waals surface area contributed by atoms with Crippen molar-refractivity contribution in [3.8, 4) is 0 Å². The molecule has 102 valence electrons. The molecule has 0 aliphatic rings. The Morgan fingerprint density at radius 3 is 2.84 bits per heavy atom. The van der Waals surface area contributed by atoms with Gasteiger partial charge in [0.25, 0.3) is 0 Å². The third-order valence-corrected chi connectivity index (χ3v) is 2.50. The van der Waals surface area contributed by atoms with Gasteiger partial charge in [0, 0.05) is 12.4 Å². The number of nitrogens with zero attached hydrogens (tertiary/aromatic N) is 2. The second-order valence-electron chi connectivity index (χ2n) is 5.20. The fourth-order valence-corrected chi connectivity index (χ4v) is 1.75. The normalized spacial score (nSPS) is 11.6. The van der Waals surface area contributed by atoms with Crippen LogP contribution in [0.1, 0.15) is 26.5 Å². The number of hydrogen-bond donors (Lipinski definition) is 1. The molecule has 0 aliphatic heterocycles. The molecule has 0 radical (unpaired) electrons. The molecule has 0 spiro atoms. The lowest BCUT2D eigenvalue weighted by Crippen LogP contribution is -2.32. The maximum atomic E-state index is 11.5. The highest BCUT2D eigenvalue weighted by molar-refractivity contribution is 6.30. The molecule has 0 aliphatic carbocycles. The Morgan fingerprint density at radius 2 is 2.16 bits per heavy atom. The van der Waals surface area contributed by atoms with Crippen LogP contribution in [0.5, 0.6) is 0 Å². The first kappa shape index (κ1) is 13.7. The molecule has 0 bridgehead atoms. The molecule has 2 aromatic heterocycles. The number of aromatic nitrogens is 2. The maximum Gasteiger partial charge on any atom is 0.407 e. The minimum absolute atomic E-state index is 0.314. The monoisotopic (exact) mass is 281 g/mol. The van der Waals surface area contributed by atoms with Gasteiger partial charge < -0.3 is 14.5 Å². The molecule has 1 amide bonds. The van der Waals surface area contributed by atoms with E-state index in [1.54, 1.807) is 12.3 Å². The van der Waals surface area contributed by atoms with Crippen LogP contribution in [-0.4, -0.2) is 21.1 Å². The topological polar surface area (TPSA) is 55.6 Å². The van der Waals surface area contributed by atoms with Crippen LogP contribution in [0.3, 0.4) is 0 Å². The van der Waals surface area contributed by atoms with Crippen molar-refractivity contribution in [1.29, 1.82) is 0 Å². The predicted octanol–water partition coefficient (Wildman–Crippen LogP) is 3.01. The fraction of sp³-hybridized carbons (Fsp3) is 0.385. The second kappa shape index (κ2) is 5.09. The molecule has 0 aromatic carbocycles. The molecule has 2 rings (SSSR count). The summed E-state index contributed by atoms with van der Waals surface area (Å²) >= 11 is 5.89. The summed E-state index contributed by atoms with van der Waals surface area (Å²) < 4.78 is 6.96. The molecule has 2 heterocycles. The Balaban J connectivity index is 2.00. The number of fused-ring (bicyclic) bond motifs is 1. The number of alkyl carbamates (subject to hydrolysis) is 1. The Hall–Kier alpha value is -1.75. The third kappa shape index (κ3) is 3.86. The number of hydrogen-bond acceptors (Lipinski definition) is 3. The van der Waals surface area contributed by atoms with Crippen molar-refractivity contribution in [3.63, 3.8) is 0 Å². The number of amides is 1. The Bertz CT molecular complexity index is 601. The van der Waals surface area contributed by atoms with E-state index in [2.05, 4.69) is 10.3 Å². The number of imidazole rings is 1. The van der Waals surface area contributed by atoms with Gasteiger partial charge in [0.15, 0.2) is 0 Å². The Labute approximate surface area is 116 Å². The van der Waals surface area contributed by atoms with Crippen LogP contribution < -0.4 is 5.32 Å². The zero-order valence-corrected chi connectivity index (χ0v) is 11.9. The molecule has 5 nitrogen and oxygen atoms in total. The quantitative estimate of drug-likeness (QED) is 0.920. The lowest BCUT2D eigenvalue weighted by atomic mass is 10.2. The van der Waals surface area contributed by atoms with Crippen molar-refractivity contribution in [1.82, 2.24) is 14.7 Å². The first-order valence-electron chi connectivity index (χ1n) is 5.93. The van der Waals surface area contributed by atoms with Crippen LogP contribution in [0, 0.1) is 0 Å². The van der Waals surface area contributed by atoms with Gasteiger partial charge in [-0.05, 0) is 32.9 Å². The van der Waals surface area contributed by atoms with Gasteiger partial charge in [0.05, 0.1) is 17.3 Å². The molecule has 6 heteroatoms. The molecular formula is C13H16ClN3O2. The highest BCUT2D eigenvalue weighted by atomic mass is 35.5.